The van der Waals surface area contributed by atoms with Gasteiger partial charge in [-0.25, -0.2) is 0 Å². The summed E-state index contributed by atoms with van der Waals surface area (Å²) in [6.07, 6.45) is 11.6. The molecule has 2 heterocycles. The van der Waals surface area contributed by atoms with Crippen LogP contribution in [0.2, 0.25) is 0 Å². The van der Waals surface area contributed by atoms with Crippen LogP contribution in [0.3, 0.4) is 0 Å². The van der Waals surface area contributed by atoms with Crippen molar-refractivity contribution >= 4 is 11.7 Å². The zero-order chi connectivity index (χ0) is 16.3. The SMILES string of the molecule is CNC1=NC(=O)[C@]2(CCC3=CC=CCC32)c2nc(C3CC3)ccc21. The number of rotatable bonds is 1. The van der Waals surface area contributed by atoms with Gasteiger partial charge in [-0.2, -0.15) is 4.99 Å². The van der Waals surface area contributed by atoms with Crippen molar-refractivity contribution in [1.82, 2.24) is 10.3 Å². The summed E-state index contributed by atoms with van der Waals surface area (Å²) in [6.45, 7) is 0. The van der Waals surface area contributed by atoms with E-state index >= 15 is 0 Å². The second-order valence-corrected chi connectivity index (χ2v) is 7.35. The van der Waals surface area contributed by atoms with E-state index in [-0.39, 0.29) is 11.8 Å². The van der Waals surface area contributed by atoms with Crippen LogP contribution in [0.4, 0.5) is 0 Å². The Kier molecular flexibility index (Phi) is 2.88. The van der Waals surface area contributed by atoms with Crippen molar-refractivity contribution in [2.24, 2.45) is 10.9 Å². The van der Waals surface area contributed by atoms with E-state index in [1.807, 2.05) is 7.05 Å². The Labute approximate surface area is 141 Å². The molecule has 2 fully saturated rings. The standard InChI is InChI=1S/C20H21N3O/c1-21-18-14-8-9-16(13-6-7-13)22-17(14)20(19(24)23-18)11-10-12-4-2-3-5-15(12)20/h2-4,8-9,13,15H,5-7,10-11H2,1H3,(H,21,23,24)/t15?,20-/m0/s1. The van der Waals surface area contributed by atoms with Crippen LogP contribution in [-0.4, -0.2) is 23.8 Å². The molecule has 1 unspecified atom stereocenters. The van der Waals surface area contributed by atoms with Crippen LogP contribution in [0.25, 0.3) is 0 Å². The Bertz CT molecular complexity index is 831. The molecule has 122 valence electrons. The topological polar surface area (TPSA) is 54.4 Å². The molecule has 2 atom stereocenters. The van der Waals surface area contributed by atoms with Crippen LogP contribution in [0, 0.1) is 5.92 Å². The highest BCUT2D eigenvalue weighted by atomic mass is 16.1. The lowest BCUT2D eigenvalue weighted by atomic mass is 9.68. The van der Waals surface area contributed by atoms with Gasteiger partial charge in [0.2, 0.25) is 0 Å². The van der Waals surface area contributed by atoms with E-state index in [4.69, 9.17) is 4.98 Å². The van der Waals surface area contributed by atoms with Crippen LogP contribution in [0.5, 0.6) is 0 Å². The van der Waals surface area contributed by atoms with Gasteiger partial charge in [0.15, 0.2) is 0 Å². The highest BCUT2D eigenvalue weighted by Gasteiger charge is 2.56. The molecule has 24 heavy (non-hydrogen) atoms. The molecule has 4 nitrogen and oxygen atoms in total. The first-order valence-electron chi connectivity index (χ1n) is 8.92. The minimum absolute atomic E-state index is 0.0107. The molecule has 4 heteroatoms. The molecule has 3 aliphatic carbocycles. The third-order valence-electron chi connectivity index (χ3n) is 6.09. The quantitative estimate of drug-likeness (QED) is 0.866. The molecule has 1 aliphatic heterocycles. The minimum Gasteiger partial charge on any atom is -0.372 e. The summed E-state index contributed by atoms with van der Waals surface area (Å²) < 4.78 is 0. The Balaban J connectivity index is 1.73. The minimum atomic E-state index is -0.558. The second kappa shape index (κ2) is 4.88. The summed E-state index contributed by atoms with van der Waals surface area (Å²) in [5.74, 6) is 1.46. The van der Waals surface area contributed by atoms with Crippen LogP contribution < -0.4 is 5.32 Å². The van der Waals surface area contributed by atoms with Crippen LogP contribution in [-0.2, 0) is 10.2 Å². The van der Waals surface area contributed by atoms with E-state index in [2.05, 4.69) is 40.7 Å². The molecule has 0 aromatic carbocycles. The van der Waals surface area contributed by atoms with Gasteiger partial charge < -0.3 is 5.32 Å². The number of carbonyl (C=O) groups is 1. The van der Waals surface area contributed by atoms with Gasteiger partial charge in [-0.3, -0.25) is 9.78 Å². The molecule has 0 saturated heterocycles. The lowest BCUT2D eigenvalue weighted by Crippen LogP contribution is -2.46. The van der Waals surface area contributed by atoms with Gasteiger partial charge in [0.1, 0.15) is 11.3 Å². The molecule has 1 aromatic heterocycles. The number of amides is 1. The van der Waals surface area contributed by atoms with Crippen molar-refractivity contribution < 1.29 is 4.79 Å². The third kappa shape index (κ3) is 1.77. The second-order valence-electron chi connectivity index (χ2n) is 7.35. The Hall–Kier alpha value is -2.23. The molecular weight excluding hydrogens is 298 g/mol. The summed E-state index contributed by atoms with van der Waals surface area (Å²) in [4.78, 5) is 22.7. The predicted molar refractivity (Wildman–Crippen MR) is 93.1 cm³/mol. The maximum absolute atomic E-state index is 13.2. The smallest absolute Gasteiger partial charge is 0.260 e. The maximum atomic E-state index is 13.2. The molecule has 0 bridgehead atoms. The largest absolute Gasteiger partial charge is 0.372 e. The number of allylic oxidation sites excluding steroid dienone is 4. The molecule has 0 radical (unpaired) electrons. The average Bonchev–Trinajstić information content (AvgIpc) is 3.40. The Morgan fingerprint density at radius 3 is 2.96 bits per heavy atom. The predicted octanol–water partition coefficient (Wildman–Crippen LogP) is 3.00. The summed E-state index contributed by atoms with van der Waals surface area (Å²) in [7, 11) is 1.83. The van der Waals surface area contributed by atoms with Crippen LogP contribution in [0.15, 0.2) is 40.9 Å². The number of nitrogens with one attached hydrogen (secondary N) is 1. The van der Waals surface area contributed by atoms with Crippen molar-refractivity contribution in [1.29, 1.82) is 0 Å². The fourth-order valence-corrected chi connectivity index (χ4v) is 4.67. The number of carbonyl (C=O) groups excluding carboxylic acids is 1. The Morgan fingerprint density at radius 2 is 2.17 bits per heavy atom. The number of pyridine rings is 1. The van der Waals surface area contributed by atoms with Crippen molar-refractivity contribution in [2.75, 3.05) is 7.05 Å². The summed E-state index contributed by atoms with van der Waals surface area (Å²) >= 11 is 0. The molecule has 5 rings (SSSR count). The highest BCUT2D eigenvalue weighted by Crippen LogP contribution is 2.54. The number of aromatic nitrogens is 1. The first-order valence-corrected chi connectivity index (χ1v) is 8.92. The van der Waals surface area contributed by atoms with Crippen LogP contribution >= 0.6 is 0 Å². The number of amidine groups is 1. The highest BCUT2D eigenvalue weighted by molar-refractivity contribution is 6.12. The van der Waals surface area contributed by atoms with E-state index in [9.17, 15) is 4.79 Å². The van der Waals surface area contributed by atoms with E-state index in [0.717, 1.165) is 36.2 Å². The zero-order valence-electron chi connectivity index (χ0n) is 13.9. The van der Waals surface area contributed by atoms with Gasteiger partial charge >= 0.3 is 0 Å². The van der Waals surface area contributed by atoms with E-state index in [1.54, 1.807) is 0 Å². The van der Waals surface area contributed by atoms with Crippen molar-refractivity contribution in [3.05, 3.63) is 52.9 Å². The van der Waals surface area contributed by atoms with E-state index in [1.165, 1.54) is 18.4 Å². The third-order valence-corrected chi connectivity index (χ3v) is 6.09. The van der Waals surface area contributed by atoms with Gasteiger partial charge in [0, 0.05) is 30.1 Å². The molecule has 4 aliphatic rings. The molecule has 1 aromatic rings. The summed E-state index contributed by atoms with van der Waals surface area (Å²) in [5.41, 5.74) is 3.97. The zero-order valence-corrected chi connectivity index (χ0v) is 13.9. The monoisotopic (exact) mass is 319 g/mol. The summed E-state index contributed by atoms with van der Waals surface area (Å²) in [6, 6.07) is 4.25. The number of hydrogen-bond donors (Lipinski definition) is 1. The van der Waals surface area contributed by atoms with Crippen molar-refractivity contribution in [3.8, 4) is 0 Å². The molecule has 1 spiro atoms. The molecule has 1 N–H and O–H groups in total. The van der Waals surface area contributed by atoms with Gasteiger partial charge in [-0.05, 0) is 44.2 Å². The average molecular weight is 319 g/mol. The van der Waals surface area contributed by atoms with Gasteiger partial charge in [0.25, 0.3) is 5.91 Å². The van der Waals surface area contributed by atoms with E-state index in [0.29, 0.717) is 11.8 Å². The number of hydrogen-bond acceptors (Lipinski definition) is 3. The first-order chi connectivity index (χ1) is 11.7. The number of nitrogens with zero attached hydrogens (tertiary/aromatic N) is 2. The van der Waals surface area contributed by atoms with Gasteiger partial charge in [0.05, 0.1) is 5.69 Å². The van der Waals surface area contributed by atoms with Crippen molar-refractivity contribution in [2.45, 2.75) is 43.4 Å². The fourth-order valence-electron chi connectivity index (χ4n) is 4.67. The maximum Gasteiger partial charge on any atom is 0.260 e. The van der Waals surface area contributed by atoms with Gasteiger partial charge in [-0.1, -0.05) is 23.8 Å². The number of aliphatic imine (C=N–C) groups is 1. The van der Waals surface area contributed by atoms with E-state index < -0.39 is 5.41 Å². The summed E-state index contributed by atoms with van der Waals surface area (Å²) in [5, 5.41) is 3.09. The molecule has 1 amide bonds. The number of fused-ring (bicyclic) bond motifs is 4. The fraction of sp³-hybridized carbons (Fsp3) is 0.450. The molecule has 2 saturated carbocycles. The normalized spacial score (nSPS) is 30.7. The van der Waals surface area contributed by atoms with Gasteiger partial charge in [-0.15, -0.1) is 0 Å². The lowest BCUT2D eigenvalue weighted by Gasteiger charge is -2.37. The lowest BCUT2D eigenvalue weighted by molar-refractivity contribution is -0.124. The first kappa shape index (κ1) is 14.1. The Morgan fingerprint density at radius 1 is 1.29 bits per heavy atom. The van der Waals surface area contributed by atoms with Crippen molar-refractivity contribution in [3.63, 3.8) is 0 Å². The van der Waals surface area contributed by atoms with Crippen LogP contribution in [0.1, 0.15) is 55.0 Å². The molecular formula is C20H21N3O.